The summed E-state index contributed by atoms with van der Waals surface area (Å²) in [5.41, 5.74) is 1.40. The van der Waals surface area contributed by atoms with E-state index >= 15 is 4.79 Å². The Labute approximate surface area is 357 Å². The fraction of sp³-hybridized carbons (Fsp3) is 0.366. The molecule has 0 saturated carbocycles. The number of hydrogen-bond donors (Lipinski definition) is 3. The number of nitrogens with one attached hydrogen (secondary N) is 1. The van der Waals surface area contributed by atoms with Gasteiger partial charge in [-0.15, -0.1) is 0 Å². The van der Waals surface area contributed by atoms with Gasteiger partial charge in [-0.05, 0) is 67.1 Å². The van der Waals surface area contributed by atoms with Crippen molar-refractivity contribution >= 4 is 64.5 Å². The van der Waals surface area contributed by atoms with E-state index < -0.39 is 11.8 Å². The molecule has 19 heteroatoms. The van der Waals surface area contributed by atoms with Crippen LogP contribution in [0.1, 0.15) is 57.5 Å². The average Bonchev–Trinajstić information content (AvgIpc) is 3.97. The quantitative estimate of drug-likeness (QED) is 0.127. The Morgan fingerprint density at radius 2 is 1.37 bits per heavy atom. The second-order valence-electron chi connectivity index (χ2n) is 14.3. The van der Waals surface area contributed by atoms with Gasteiger partial charge in [-0.2, -0.15) is 9.97 Å². The molecule has 3 N–H and O–H groups in total. The zero-order valence-electron chi connectivity index (χ0n) is 33.3. The van der Waals surface area contributed by atoms with Crippen LogP contribution in [0.15, 0.2) is 67.3 Å². The number of rotatable bonds is 15. The first-order valence-electron chi connectivity index (χ1n) is 19.4. The Kier molecular flexibility index (Phi) is 13.4. The number of aliphatic hydroxyl groups excluding tert-OH is 2. The molecule has 314 valence electrons. The van der Waals surface area contributed by atoms with Crippen molar-refractivity contribution < 1.29 is 29.3 Å². The molecule has 0 unspecified atom stereocenters. The Balaban J connectivity index is 1.38. The fourth-order valence-corrected chi connectivity index (χ4v) is 7.92. The van der Waals surface area contributed by atoms with Gasteiger partial charge in [0.25, 0.3) is 11.8 Å². The van der Waals surface area contributed by atoms with E-state index in [0.717, 1.165) is 24.8 Å². The lowest BCUT2D eigenvalue weighted by Gasteiger charge is -2.29. The molecule has 2 aliphatic rings. The molecule has 0 aliphatic carbocycles. The molecule has 2 amide bonds. The Bertz CT molecular complexity index is 2330. The van der Waals surface area contributed by atoms with Crippen LogP contribution in [0.4, 0.5) is 29.5 Å². The number of hydrogen-bond acceptors (Lipinski definition) is 15. The molecule has 5 heterocycles. The molecule has 0 radical (unpaired) electrons. The molecule has 3 aromatic heterocycles. The second-order valence-corrected chi connectivity index (χ2v) is 15.1. The van der Waals surface area contributed by atoms with Gasteiger partial charge in [-0.25, -0.2) is 19.9 Å². The van der Waals surface area contributed by atoms with Gasteiger partial charge in [-0.3, -0.25) is 19.4 Å². The van der Waals surface area contributed by atoms with Gasteiger partial charge in [0, 0.05) is 51.5 Å². The maximum atomic E-state index is 15.4. The zero-order valence-corrected chi connectivity index (χ0v) is 34.8. The van der Waals surface area contributed by atoms with Crippen LogP contribution in [0, 0.1) is 0 Å². The number of amides is 2. The maximum Gasteiger partial charge on any atom is 0.265 e. The lowest BCUT2D eigenvalue weighted by Crippen LogP contribution is -2.38. The number of nitrogens with zero attached hydrogens (tertiary/aromatic N) is 10. The number of carbonyl (C=O) groups is 2. The number of halogens is 2. The smallest absolute Gasteiger partial charge is 0.265 e. The summed E-state index contributed by atoms with van der Waals surface area (Å²) in [7, 11) is 4.56. The summed E-state index contributed by atoms with van der Waals surface area (Å²) in [6.07, 6.45) is 8.94. The van der Waals surface area contributed by atoms with Crippen LogP contribution < -0.4 is 34.4 Å². The summed E-state index contributed by atoms with van der Waals surface area (Å²) in [6, 6.07) is 11.6. The van der Waals surface area contributed by atoms with E-state index in [1.807, 2.05) is 15.9 Å². The van der Waals surface area contributed by atoms with Gasteiger partial charge in [0.2, 0.25) is 17.8 Å². The molecule has 0 bridgehead atoms. The molecule has 60 heavy (non-hydrogen) atoms. The number of methoxy groups -OCH3 is 2. The molecule has 2 atom stereocenters. The molecule has 5 aromatic rings. The zero-order chi connectivity index (χ0) is 42.3. The Hall–Kier alpha value is -5.88. The normalized spacial score (nSPS) is 16.2. The first-order chi connectivity index (χ1) is 29.1. The summed E-state index contributed by atoms with van der Waals surface area (Å²) in [5, 5.41) is 24.4. The van der Waals surface area contributed by atoms with E-state index in [9.17, 15) is 15.0 Å². The minimum atomic E-state index is -0.610. The summed E-state index contributed by atoms with van der Waals surface area (Å²) < 4.78 is 10.7. The van der Waals surface area contributed by atoms with Crippen LogP contribution in [0.5, 0.6) is 11.5 Å². The van der Waals surface area contributed by atoms with Crippen LogP contribution in [0.3, 0.4) is 0 Å². The van der Waals surface area contributed by atoms with Gasteiger partial charge < -0.3 is 34.8 Å². The molecular formula is C41H45Cl2N11O6. The van der Waals surface area contributed by atoms with Crippen LogP contribution in [-0.4, -0.2) is 112 Å². The monoisotopic (exact) mass is 857 g/mol. The van der Waals surface area contributed by atoms with Gasteiger partial charge in [0.15, 0.2) is 5.82 Å². The highest BCUT2D eigenvalue weighted by Gasteiger charge is 2.34. The standard InChI is InChI=1S/C41H45Cl2N11O6/c1-51(39-44-13-6-14-45-39)37(57)30-21-48-41(53-16-5-8-28(53)24-56)50-36(30)54(22-26-10-12-34(60-3)32(43)18-26)38(58)29-20-47-40(52-15-4-7-27(52)23-55)49-35(29)46-19-25-9-11-33(59-2)31(42)17-25/h6,9-14,17-18,20-21,27-28,55-56H,4-5,7-8,15-16,19,22-24H2,1-3H3,(H,46,47,49)/t27-,28-/m0/s1. The van der Waals surface area contributed by atoms with Gasteiger partial charge in [-0.1, -0.05) is 35.3 Å². The number of aromatic nitrogens is 6. The topological polar surface area (TPSA) is 195 Å². The lowest BCUT2D eigenvalue weighted by atomic mass is 10.1. The van der Waals surface area contributed by atoms with E-state index in [0.29, 0.717) is 52.6 Å². The van der Waals surface area contributed by atoms with Crippen molar-refractivity contribution in [3.05, 3.63) is 99.6 Å². The van der Waals surface area contributed by atoms with Crippen molar-refractivity contribution in [1.82, 2.24) is 29.9 Å². The maximum absolute atomic E-state index is 15.4. The lowest BCUT2D eigenvalue weighted by molar-refractivity contribution is 0.0983. The molecule has 17 nitrogen and oxygen atoms in total. The SMILES string of the molecule is COc1ccc(CNc2nc(N3CCC[C@H]3CO)ncc2C(=O)N(Cc2ccc(OC)c(Cl)c2)c2nc(N3CCC[C@H]3CO)ncc2C(=O)N(C)c2ncccn2)cc1Cl. The van der Waals surface area contributed by atoms with E-state index in [4.69, 9.17) is 42.6 Å². The highest BCUT2D eigenvalue weighted by Crippen LogP contribution is 2.33. The predicted molar refractivity (Wildman–Crippen MR) is 228 cm³/mol. The van der Waals surface area contributed by atoms with Crippen LogP contribution in [0.2, 0.25) is 10.0 Å². The van der Waals surface area contributed by atoms with E-state index in [1.165, 1.54) is 55.9 Å². The van der Waals surface area contributed by atoms with E-state index in [-0.39, 0.29) is 73.0 Å². The minimum Gasteiger partial charge on any atom is -0.495 e. The first kappa shape index (κ1) is 42.3. The third-order valence-corrected chi connectivity index (χ3v) is 11.2. The molecule has 2 aromatic carbocycles. The van der Waals surface area contributed by atoms with Gasteiger partial charge in [0.05, 0.1) is 56.1 Å². The van der Waals surface area contributed by atoms with Crippen molar-refractivity contribution in [2.45, 2.75) is 50.9 Å². The van der Waals surface area contributed by atoms with E-state index in [1.54, 1.807) is 36.4 Å². The number of anilines is 5. The third kappa shape index (κ3) is 8.99. The molecule has 2 aliphatic heterocycles. The highest BCUT2D eigenvalue weighted by molar-refractivity contribution is 6.32. The highest BCUT2D eigenvalue weighted by atomic mass is 35.5. The summed E-state index contributed by atoms with van der Waals surface area (Å²) in [6.45, 7) is 1.05. The molecule has 0 spiro atoms. The first-order valence-corrected chi connectivity index (χ1v) is 20.1. The van der Waals surface area contributed by atoms with Crippen molar-refractivity contribution in [1.29, 1.82) is 0 Å². The van der Waals surface area contributed by atoms with Gasteiger partial charge in [0.1, 0.15) is 28.4 Å². The van der Waals surface area contributed by atoms with Crippen LogP contribution in [-0.2, 0) is 13.1 Å². The summed E-state index contributed by atoms with van der Waals surface area (Å²) in [4.78, 5) is 63.9. The largest absolute Gasteiger partial charge is 0.495 e. The van der Waals surface area contributed by atoms with Crippen molar-refractivity contribution in [3.63, 3.8) is 0 Å². The number of aliphatic hydroxyl groups is 2. The van der Waals surface area contributed by atoms with Crippen LogP contribution in [0.25, 0.3) is 0 Å². The second kappa shape index (κ2) is 19.0. The van der Waals surface area contributed by atoms with E-state index in [2.05, 4.69) is 25.3 Å². The average molecular weight is 859 g/mol. The third-order valence-electron chi connectivity index (χ3n) is 10.6. The molecular weight excluding hydrogens is 813 g/mol. The number of ether oxygens (including phenoxy) is 2. The number of benzene rings is 2. The molecule has 2 saturated heterocycles. The van der Waals surface area contributed by atoms with Gasteiger partial charge >= 0.3 is 0 Å². The minimum absolute atomic E-state index is 0.0230. The summed E-state index contributed by atoms with van der Waals surface area (Å²) in [5.74, 6) is 0.602. The number of carbonyl (C=O) groups excluding carboxylic acids is 2. The Morgan fingerprint density at radius 3 is 1.95 bits per heavy atom. The predicted octanol–water partition coefficient (Wildman–Crippen LogP) is 5.04. The molecule has 7 rings (SSSR count). The Morgan fingerprint density at radius 1 is 0.800 bits per heavy atom. The van der Waals surface area contributed by atoms with Crippen molar-refractivity contribution in [2.75, 3.05) is 72.5 Å². The van der Waals surface area contributed by atoms with Crippen LogP contribution >= 0.6 is 23.2 Å². The molecule has 2 fully saturated rings. The van der Waals surface area contributed by atoms with Crippen molar-refractivity contribution in [3.8, 4) is 11.5 Å². The van der Waals surface area contributed by atoms with Crippen molar-refractivity contribution in [2.24, 2.45) is 0 Å². The summed E-state index contributed by atoms with van der Waals surface area (Å²) >= 11 is 13.1. The fourth-order valence-electron chi connectivity index (χ4n) is 7.36.